The van der Waals surface area contributed by atoms with Gasteiger partial charge in [0.1, 0.15) is 30.5 Å². The second-order valence-electron chi connectivity index (χ2n) is 4.63. The van der Waals surface area contributed by atoms with Crippen LogP contribution < -0.4 is 0 Å². The van der Waals surface area contributed by atoms with E-state index in [9.17, 15) is 27.0 Å². The third-order valence-corrected chi connectivity index (χ3v) is 4.05. The van der Waals surface area contributed by atoms with Crippen LogP contribution >= 0.6 is 0 Å². The minimum absolute atomic E-state index is 0.325. The lowest BCUT2D eigenvalue weighted by Crippen LogP contribution is -2.33. The lowest BCUT2D eigenvalue weighted by atomic mass is 10.4. The average Bonchev–Trinajstić information content (AvgIpc) is 2.39. The Kier molecular flexibility index (Phi) is 11.7. The van der Waals surface area contributed by atoms with Crippen LogP contribution in [0.2, 0.25) is 0 Å². The molecule has 0 aliphatic rings. The average molecular weight is 404 g/mol. The Bertz CT molecular complexity index is 500. The fourth-order valence-electron chi connectivity index (χ4n) is 1.29. The predicted octanol–water partition coefficient (Wildman–Crippen LogP) is -1.88. The number of rotatable bonds is 11. The van der Waals surface area contributed by atoms with E-state index in [4.69, 9.17) is 14.2 Å². The van der Waals surface area contributed by atoms with Crippen molar-refractivity contribution in [3.8, 4) is 0 Å². The number of carbonyl (C=O) groups is 3. The van der Waals surface area contributed by atoms with Crippen LogP contribution in [0, 0.1) is 0 Å². The zero-order valence-corrected chi connectivity index (χ0v) is 16.0. The van der Waals surface area contributed by atoms with Gasteiger partial charge in [-0.1, -0.05) is 0 Å². The van der Waals surface area contributed by atoms with Crippen LogP contribution in [0.5, 0.6) is 0 Å². The van der Waals surface area contributed by atoms with Crippen molar-refractivity contribution in [2.45, 2.75) is 6.10 Å². The van der Waals surface area contributed by atoms with Gasteiger partial charge < -0.3 is 14.2 Å². The second-order valence-corrected chi connectivity index (χ2v) is 8.94. The Morgan fingerprint density at radius 2 is 1.04 bits per heavy atom. The van der Waals surface area contributed by atoms with E-state index in [2.05, 4.69) is 0 Å². The molecule has 0 heterocycles. The zero-order chi connectivity index (χ0) is 18.7. The quantitative estimate of drug-likeness (QED) is 0.287. The van der Waals surface area contributed by atoms with Crippen molar-refractivity contribution < 1.29 is 41.2 Å². The maximum absolute atomic E-state index is 11.5. The third-order valence-electron chi connectivity index (χ3n) is 2.12. The van der Waals surface area contributed by atoms with Crippen LogP contribution in [-0.2, 0) is 61.0 Å². The van der Waals surface area contributed by atoms with Crippen LogP contribution in [0.25, 0.3) is 0 Å². The molecule has 0 aromatic rings. The summed E-state index contributed by atoms with van der Waals surface area (Å²) >= 11 is 0. The van der Waals surface area contributed by atoms with E-state index >= 15 is 0 Å². The highest BCUT2D eigenvalue weighted by molar-refractivity contribution is 7.85. The molecule has 0 fully saturated rings. The molecule has 0 rings (SSSR count). The fourth-order valence-corrected chi connectivity index (χ4v) is 2.52. The Hall–Kier alpha value is -1.14. The van der Waals surface area contributed by atoms with E-state index in [1.807, 2.05) is 0 Å². The first-order chi connectivity index (χ1) is 11.1. The summed E-state index contributed by atoms with van der Waals surface area (Å²) < 4.78 is 47.3. The first-order valence-corrected chi connectivity index (χ1v) is 11.7. The van der Waals surface area contributed by atoms with E-state index in [0.717, 1.165) is 0 Å². The van der Waals surface area contributed by atoms with Crippen molar-refractivity contribution in [3.63, 3.8) is 0 Å². The number of ether oxygens (including phenoxy) is 3. The number of esters is 3. The summed E-state index contributed by atoms with van der Waals surface area (Å²) in [5.41, 5.74) is 0. The van der Waals surface area contributed by atoms with E-state index in [1.165, 1.54) is 18.8 Å². The van der Waals surface area contributed by atoms with Gasteiger partial charge >= 0.3 is 17.9 Å². The van der Waals surface area contributed by atoms with Crippen LogP contribution in [0.3, 0.4) is 0 Å². The van der Waals surface area contributed by atoms with E-state index in [0.29, 0.717) is 0 Å². The van der Waals surface area contributed by atoms with Crippen molar-refractivity contribution in [2.75, 3.05) is 49.2 Å². The highest BCUT2D eigenvalue weighted by Gasteiger charge is 2.20. The molecule has 24 heavy (non-hydrogen) atoms. The van der Waals surface area contributed by atoms with Gasteiger partial charge in [-0.3, -0.25) is 27.0 Å². The lowest BCUT2D eigenvalue weighted by molar-refractivity contribution is -0.163. The summed E-state index contributed by atoms with van der Waals surface area (Å²) in [7, 11) is -4.20. The second kappa shape index (κ2) is 12.3. The fraction of sp³-hybridized carbons (Fsp3) is 0.750. The largest absolute Gasteiger partial charge is 0.461 e. The molecule has 9 nitrogen and oxygen atoms in total. The maximum atomic E-state index is 11.5. The van der Waals surface area contributed by atoms with Crippen LogP contribution in [0.1, 0.15) is 0 Å². The van der Waals surface area contributed by atoms with Crippen molar-refractivity contribution >= 4 is 50.3 Å². The van der Waals surface area contributed by atoms with Gasteiger partial charge in [0.25, 0.3) is 0 Å². The normalized spacial score (nSPS) is 15.6. The monoisotopic (exact) mass is 404 g/mol. The summed E-state index contributed by atoms with van der Waals surface area (Å²) in [5, 5.41) is 0. The van der Waals surface area contributed by atoms with E-state index in [1.54, 1.807) is 0 Å². The van der Waals surface area contributed by atoms with Crippen LogP contribution in [0.4, 0.5) is 0 Å². The molecule has 0 aromatic carbocycles. The highest BCUT2D eigenvalue weighted by atomic mass is 32.2. The van der Waals surface area contributed by atoms with Crippen LogP contribution in [0.15, 0.2) is 0 Å². The minimum atomic E-state index is -1.42. The molecule has 0 N–H and O–H groups in total. The van der Waals surface area contributed by atoms with Gasteiger partial charge in [0.05, 0.1) is 0 Å². The molecule has 3 unspecified atom stereocenters. The Labute approximate surface area is 147 Å². The molecule has 0 bridgehead atoms. The highest BCUT2D eigenvalue weighted by Crippen LogP contribution is 2.00. The molecule has 0 amide bonds. The molecule has 12 heteroatoms. The van der Waals surface area contributed by atoms with Crippen molar-refractivity contribution in [2.24, 2.45) is 0 Å². The smallest absolute Gasteiger partial charge is 0.319 e. The molecule has 140 valence electrons. The third kappa shape index (κ3) is 13.3. The Morgan fingerprint density at radius 3 is 1.38 bits per heavy atom. The maximum Gasteiger partial charge on any atom is 0.319 e. The lowest BCUT2D eigenvalue weighted by Gasteiger charge is -2.17. The molecular formula is C12H20O9S3. The van der Waals surface area contributed by atoms with Gasteiger partial charge in [0, 0.05) is 51.2 Å². The summed E-state index contributed by atoms with van der Waals surface area (Å²) in [5.74, 6) is -3.36. The molecule has 0 aliphatic heterocycles. The summed E-state index contributed by atoms with van der Waals surface area (Å²) in [4.78, 5) is 34.2. The van der Waals surface area contributed by atoms with E-state index < -0.39 is 69.6 Å². The molecular weight excluding hydrogens is 384 g/mol. The SMILES string of the molecule is CS(=O)CC(=O)OCC(COC(=O)CS(C)=O)OC(=O)CS(C)=O. The summed E-state index contributed by atoms with van der Waals surface area (Å²) in [6.07, 6.45) is 2.84. The molecule has 0 aliphatic carbocycles. The van der Waals surface area contributed by atoms with Crippen molar-refractivity contribution in [1.29, 1.82) is 0 Å². The molecule has 0 radical (unpaired) electrons. The standard InChI is InChI=1S/C12H20O9S3/c1-22(16)6-10(13)19-4-9(21-12(15)8-24(3)18)5-20-11(14)7-23(2)17/h9H,4-8H2,1-3H3. The van der Waals surface area contributed by atoms with Gasteiger partial charge in [-0.15, -0.1) is 0 Å². The molecule has 0 saturated heterocycles. The Balaban J connectivity index is 4.58. The minimum Gasteiger partial charge on any atom is -0.461 e. The van der Waals surface area contributed by atoms with Gasteiger partial charge in [-0.05, 0) is 0 Å². The van der Waals surface area contributed by atoms with Gasteiger partial charge in [-0.25, -0.2) is 0 Å². The molecule has 3 atom stereocenters. The van der Waals surface area contributed by atoms with Crippen molar-refractivity contribution in [3.05, 3.63) is 0 Å². The summed E-state index contributed by atoms with van der Waals surface area (Å²) in [6, 6.07) is 0. The van der Waals surface area contributed by atoms with Crippen LogP contribution in [-0.4, -0.2) is 85.9 Å². The number of hydrogen-bond donors (Lipinski definition) is 0. The molecule has 0 saturated carbocycles. The Morgan fingerprint density at radius 1 is 0.708 bits per heavy atom. The molecule has 0 spiro atoms. The van der Waals surface area contributed by atoms with Crippen molar-refractivity contribution in [1.82, 2.24) is 0 Å². The topological polar surface area (TPSA) is 130 Å². The first kappa shape index (κ1) is 22.9. The van der Waals surface area contributed by atoms with Gasteiger partial charge in [-0.2, -0.15) is 0 Å². The number of carbonyl (C=O) groups excluding carboxylic acids is 3. The number of hydrogen-bond acceptors (Lipinski definition) is 9. The first-order valence-electron chi connectivity index (χ1n) is 6.51. The zero-order valence-electron chi connectivity index (χ0n) is 13.5. The van der Waals surface area contributed by atoms with Gasteiger partial charge in [0.15, 0.2) is 6.10 Å². The van der Waals surface area contributed by atoms with Gasteiger partial charge in [0.2, 0.25) is 0 Å². The molecule has 0 aromatic heterocycles. The van der Waals surface area contributed by atoms with E-state index in [-0.39, 0.29) is 17.3 Å². The predicted molar refractivity (Wildman–Crippen MR) is 88.6 cm³/mol. The summed E-state index contributed by atoms with van der Waals surface area (Å²) in [6.45, 7) is -0.832.